The number of hydrogen-bond acceptors (Lipinski definition) is 7. The maximum atomic E-state index is 15.3. The van der Waals surface area contributed by atoms with Crippen molar-refractivity contribution in [3.63, 3.8) is 0 Å². The SMILES string of the molecule is COC1CC(C(=O)Nc2ccc(N3C=C(Br)C=C(C(=O)OCC(C)C)C3O)cc2F)N(C(=O)N(Cl)c2ccccc2)C1. The van der Waals surface area contributed by atoms with Gasteiger partial charge < -0.3 is 29.7 Å². The van der Waals surface area contributed by atoms with Gasteiger partial charge in [-0.05, 0) is 58.3 Å². The second-order valence-electron chi connectivity index (χ2n) is 10.2. The monoisotopic (exact) mass is 664 g/mol. The quantitative estimate of drug-likeness (QED) is 0.297. The Morgan fingerprint density at radius 2 is 1.93 bits per heavy atom. The zero-order valence-electron chi connectivity index (χ0n) is 23.2. The lowest BCUT2D eigenvalue weighted by Crippen LogP contribution is -2.47. The lowest BCUT2D eigenvalue weighted by atomic mass is 10.1. The van der Waals surface area contributed by atoms with Crippen molar-refractivity contribution in [3.05, 3.63) is 76.7 Å². The van der Waals surface area contributed by atoms with Crippen molar-refractivity contribution in [3.8, 4) is 0 Å². The van der Waals surface area contributed by atoms with Crippen molar-refractivity contribution >= 4 is 62.7 Å². The third-order valence-corrected chi connectivity index (χ3v) is 7.46. The highest BCUT2D eigenvalue weighted by Gasteiger charge is 2.42. The molecular formula is C29H31BrClFN4O6. The van der Waals surface area contributed by atoms with Crippen LogP contribution in [0.5, 0.6) is 0 Å². The first-order valence-corrected chi connectivity index (χ1v) is 14.3. The lowest BCUT2D eigenvalue weighted by Gasteiger charge is -2.31. The molecule has 0 spiro atoms. The summed E-state index contributed by atoms with van der Waals surface area (Å²) in [6, 6.07) is 10.9. The molecule has 2 N–H and O–H groups in total. The molecule has 0 radical (unpaired) electrons. The van der Waals surface area contributed by atoms with E-state index in [0.29, 0.717) is 10.2 Å². The number of benzene rings is 2. The molecule has 0 saturated carbocycles. The Morgan fingerprint density at radius 3 is 2.57 bits per heavy atom. The topological polar surface area (TPSA) is 112 Å². The molecule has 1 saturated heterocycles. The Hall–Kier alpha value is -3.45. The summed E-state index contributed by atoms with van der Waals surface area (Å²) in [6.07, 6.45) is 1.27. The molecule has 0 aromatic heterocycles. The smallest absolute Gasteiger partial charge is 0.340 e. The third kappa shape index (κ3) is 7.12. The maximum absolute atomic E-state index is 15.3. The first-order valence-electron chi connectivity index (χ1n) is 13.2. The number of hydrogen-bond donors (Lipinski definition) is 2. The molecule has 4 rings (SSSR count). The van der Waals surface area contributed by atoms with Crippen molar-refractivity contribution in [1.82, 2.24) is 4.90 Å². The normalized spacial score (nSPS) is 20.2. The third-order valence-electron chi connectivity index (χ3n) is 6.68. The van der Waals surface area contributed by atoms with Crippen LogP contribution in [0.1, 0.15) is 20.3 Å². The second-order valence-corrected chi connectivity index (χ2v) is 11.5. The number of halogens is 3. The number of para-hydroxylation sites is 1. The number of methoxy groups -OCH3 is 1. The van der Waals surface area contributed by atoms with E-state index >= 15 is 4.39 Å². The van der Waals surface area contributed by atoms with Gasteiger partial charge in [-0.3, -0.25) is 4.79 Å². The molecule has 13 heteroatoms. The van der Waals surface area contributed by atoms with Gasteiger partial charge in [-0.15, -0.1) is 0 Å². The van der Waals surface area contributed by atoms with E-state index in [1.807, 2.05) is 13.8 Å². The van der Waals surface area contributed by atoms with Gasteiger partial charge in [0.05, 0.1) is 29.7 Å². The minimum atomic E-state index is -1.43. The van der Waals surface area contributed by atoms with Crippen LogP contribution >= 0.6 is 27.7 Å². The number of nitrogens with zero attached hydrogens (tertiary/aromatic N) is 3. The van der Waals surface area contributed by atoms with Crippen LogP contribution < -0.4 is 14.6 Å². The average Bonchev–Trinajstić information content (AvgIpc) is 3.42. The molecule has 42 heavy (non-hydrogen) atoms. The molecule has 3 amide bonds. The summed E-state index contributed by atoms with van der Waals surface area (Å²) in [6.45, 7) is 4.07. The average molecular weight is 666 g/mol. The van der Waals surface area contributed by atoms with Gasteiger partial charge in [-0.1, -0.05) is 32.0 Å². The Morgan fingerprint density at radius 1 is 1.21 bits per heavy atom. The zero-order valence-corrected chi connectivity index (χ0v) is 25.5. The second kappa shape index (κ2) is 13.7. The van der Waals surface area contributed by atoms with Crippen molar-refractivity contribution in [2.75, 3.05) is 34.9 Å². The van der Waals surface area contributed by atoms with E-state index in [1.54, 1.807) is 30.3 Å². The Balaban J connectivity index is 1.49. The van der Waals surface area contributed by atoms with Gasteiger partial charge in [0.25, 0.3) is 0 Å². The molecule has 224 valence electrons. The molecule has 2 aliphatic heterocycles. The largest absolute Gasteiger partial charge is 0.462 e. The maximum Gasteiger partial charge on any atom is 0.340 e. The van der Waals surface area contributed by atoms with E-state index in [1.165, 1.54) is 41.3 Å². The molecule has 2 aliphatic rings. The highest BCUT2D eigenvalue weighted by molar-refractivity contribution is 9.11. The number of esters is 1. The predicted octanol–water partition coefficient (Wildman–Crippen LogP) is 5.13. The fraction of sp³-hybridized carbons (Fsp3) is 0.345. The number of carbonyl (C=O) groups is 3. The number of rotatable bonds is 8. The lowest BCUT2D eigenvalue weighted by molar-refractivity contribution is -0.141. The highest BCUT2D eigenvalue weighted by atomic mass is 79.9. The van der Waals surface area contributed by atoms with E-state index in [4.69, 9.17) is 21.3 Å². The number of amides is 3. The zero-order chi connectivity index (χ0) is 30.6. The molecular weight excluding hydrogens is 635 g/mol. The van der Waals surface area contributed by atoms with E-state index in [9.17, 15) is 19.5 Å². The van der Waals surface area contributed by atoms with Gasteiger partial charge in [0.15, 0.2) is 6.23 Å². The molecule has 3 unspecified atom stereocenters. The number of ether oxygens (including phenoxy) is 2. The summed E-state index contributed by atoms with van der Waals surface area (Å²) >= 11 is 9.62. The van der Waals surface area contributed by atoms with E-state index in [-0.39, 0.29) is 42.4 Å². The van der Waals surface area contributed by atoms with Crippen LogP contribution in [-0.4, -0.2) is 66.5 Å². The molecule has 2 aromatic rings. The molecule has 3 atom stereocenters. The number of nitrogens with one attached hydrogen (secondary N) is 1. The summed E-state index contributed by atoms with van der Waals surface area (Å²) in [5.74, 6) is -2.00. The molecule has 2 heterocycles. The van der Waals surface area contributed by atoms with E-state index in [0.717, 1.165) is 10.5 Å². The van der Waals surface area contributed by atoms with Crippen molar-refractivity contribution in [1.29, 1.82) is 0 Å². The van der Waals surface area contributed by atoms with E-state index in [2.05, 4.69) is 21.2 Å². The standard InChI is InChI=1S/C29H31BrClFN4O6/c1-17(2)16-42-28(39)22-11-18(30)14-34(27(22)38)20-9-10-24(23(32)12-20)33-26(37)25-13-21(41-3)15-35(25)29(40)36(31)19-7-5-4-6-8-19/h4-12,14,17,21,25,27,38H,13,15-16H2,1-3H3,(H,33,37). The minimum absolute atomic E-state index is 0.0228. The van der Waals surface area contributed by atoms with Crippen LogP contribution in [0.15, 0.2) is 70.9 Å². The van der Waals surface area contributed by atoms with Gasteiger partial charge in [0.1, 0.15) is 11.9 Å². The molecule has 2 aromatic carbocycles. The van der Waals surface area contributed by atoms with Crippen LogP contribution in [-0.2, 0) is 19.1 Å². The number of urea groups is 1. The number of carbonyl (C=O) groups excluding carboxylic acids is 3. The number of anilines is 3. The Kier molecular flexibility index (Phi) is 10.3. The van der Waals surface area contributed by atoms with Gasteiger partial charge >= 0.3 is 12.0 Å². The molecule has 1 fully saturated rings. The van der Waals surface area contributed by atoms with Crippen LogP contribution in [0, 0.1) is 11.7 Å². The molecule has 10 nitrogen and oxygen atoms in total. The molecule has 0 aliphatic carbocycles. The predicted molar refractivity (Wildman–Crippen MR) is 160 cm³/mol. The summed E-state index contributed by atoms with van der Waals surface area (Å²) < 4.78 is 27.3. The summed E-state index contributed by atoms with van der Waals surface area (Å²) in [5.41, 5.74) is 0.488. The van der Waals surface area contributed by atoms with Crippen LogP contribution in [0.25, 0.3) is 0 Å². The first-order chi connectivity index (χ1) is 20.0. The molecule has 0 bridgehead atoms. The summed E-state index contributed by atoms with van der Waals surface area (Å²) in [4.78, 5) is 41.6. The van der Waals surface area contributed by atoms with Gasteiger partial charge in [-0.2, -0.15) is 0 Å². The van der Waals surface area contributed by atoms with Crippen molar-refractivity contribution in [2.45, 2.75) is 38.6 Å². The van der Waals surface area contributed by atoms with Crippen LogP contribution in [0.4, 0.5) is 26.2 Å². The Bertz CT molecular complexity index is 1390. The van der Waals surface area contributed by atoms with Gasteiger partial charge in [0.2, 0.25) is 5.91 Å². The highest BCUT2D eigenvalue weighted by Crippen LogP contribution is 2.32. The first kappa shape index (κ1) is 31.5. The Labute approximate surface area is 256 Å². The fourth-order valence-corrected chi connectivity index (χ4v) is 5.19. The van der Waals surface area contributed by atoms with Gasteiger partial charge in [-0.25, -0.2) is 18.4 Å². The number of aliphatic hydroxyl groups is 1. The van der Waals surface area contributed by atoms with Crippen molar-refractivity contribution < 1.29 is 33.4 Å². The van der Waals surface area contributed by atoms with E-state index < -0.39 is 42.1 Å². The number of likely N-dealkylation sites (tertiary alicyclic amines) is 1. The fourth-order valence-electron chi connectivity index (χ4n) is 4.51. The number of allylic oxidation sites excluding steroid dienone is 2. The van der Waals surface area contributed by atoms with Crippen LogP contribution in [0.2, 0.25) is 0 Å². The van der Waals surface area contributed by atoms with Crippen LogP contribution in [0.3, 0.4) is 0 Å². The summed E-state index contributed by atoms with van der Waals surface area (Å²) in [7, 11) is 1.48. The van der Waals surface area contributed by atoms with Crippen molar-refractivity contribution in [2.24, 2.45) is 5.92 Å². The summed E-state index contributed by atoms with van der Waals surface area (Å²) in [5, 5.41) is 13.4. The number of aliphatic hydroxyl groups excluding tert-OH is 1. The minimum Gasteiger partial charge on any atom is -0.462 e. The van der Waals surface area contributed by atoms with Gasteiger partial charge in [0, 0.05) is 48.2 Å².